The van der Waals surface area contributed by atoms with Crippen molar-refractivity contribution in [3.63, 3.8) is 0 Å². The SMILES string of the molecule is CCC(Br)c1cn(Cc2nc(-c3cccs3)oc2C)nn1. The number of aryl methyl sites for hydroxylation is 1. The molecule has 3 rings (SSSR count). The van der Waals surface area contributed by atoms with Crippen molar-refractivity contribution in [1.82, 2.24) is 20.0 Å². The molecule has 3 heterocycles. The van der Waals surface area contributed by atoms with Crippen molar-refractivity contribution in [2.45, 2.75) is 31.6 Å². The van der Waals surface area contributed by atoms with Crippen LogP contribution < -0.4 is 0 Å². The van der Waals surface area contributed by atoms with Gasteiger partial charge < -0.3 is 4.42 Å². The lowest BCUT2D eigenvalue weighted by atomic mass is 10.3. The molecule has 1 unspecified atom stereocenters. The van der Waals surface area contributed by atoms with Gasteiger partial charge in [-0.25, -0.2) is 9.67 Å². The normalized spacial score (nSPS) is 12.7. The molecule has 21 heavy (non-hydrogen) atoms. The fourth-order valence-electron chi connectivity index (χ4n) is 1.98. The first kappa shape index (κ1) is 14.5. The van der Waals surface area contributed by atoms with Gasteiger partial charge in [-0.1, -0.05) is 34.1 Å². The number of alkyl halides is 1. The van der Waals surface area contributed by atoms with E-state index in [0.29, 0.717) is 12.4 Å². The van der Waals surface area contributed by atoms with Crippen LogP contribution in [0, 0.1) is 6.92 Å². The van der Waals surface area contributed by atoms with Gasteiger partial charge in [0.25, 0.3) is 0 Å². The Bertz CT molecular complexity index is 719. The standard InChI is InChI=1S/C14H15BrN4OS/c1-3-10(15)12-8-19(18-17-12)7-11-9(2)20-14(16-11)13-5-4-6-21-13/h4-6,8,10H,3,7H2,1-2H3. The van der Waals surface area contributed by atoms with E-state index < -0.39 is 0 Å². The van der Waals surface area contributed by atoms with Crippen molar-refractivity contribution < 1.29 is 4.42 Å². The van der Waals surface area contributed by atoms with Crippen molar-refractivity contribution in [3.05, 3.63) is 40.9 Å². The van der Waals surface area contributed by atoms with E-state index >= 15 is 0 Å². The van der Waals surface area contributed by atoms with Gasteiger partial charge >= 0.3 is 0 Å². The molecule has 0 aliphatic carbocycles. The Morgan fingerprint density at radius 3 is 3.05 bits per heavy atom. The zero-order valence-electron chi connectivity index (χ0n) is 11.8. The third kappa shape index (κ3) is 3.08. The third-order valence-corrected chi connectivity index (χ3v) is 5.15. The largest absolute Gasteiger partial charge is 0.440 e. The van der Waals surface area contributed by atoms with Gasteiger partial charge in [0.05, 0.1) is 28.1 Å². The Morgan fingerprint density at radius 1 is 1.48 bits per heavy atom. The van der Waals surface area contributed by atoms with Gasteiger partial charge in [0.15, 0.2) is 0 Å². The van der Waals surface area contributed by atoms with Gasteiger partial charge in [-0.05, 0) is 24.8 Å². The molecule has 0 aromatic carbocycles. The fourth-order valence-corrected chi connectivity index (χ4v) is 2.84. The molecule has 1 atom stereocenters. The van der Waals surface area contributed by atoms with Crippen molar-refractivity contribution in [2.75, 3.05) is 0 Å². The molecule has 0 spiro atoms. The first-order valence-corrected chi connectivity index (χ1v) is 8.51. The second kappa shape index (κ2) is 6.11. The van der Waals surface area contributed by atoms with E-state index in [1.54, 1.807) is 16.0 Å². The molecule has 0 saturated carbocycles. The maximum Gasteiger partial charge on any atom is 0.236 e. The molecule has 110 valence electrons. The molecule has 0 aliphatic rings. The maximum absolute atomic E-state index is 5.74. The van der Waals surface area contributed by atoms with Gasteiger partial charge in [-0.3, -0.25) is 0 Å². The van der Waals surface area contributed by atoms with Crippen molar-refractivity contribution >= 4 is 27.3 Å². The summed E-state index contributed by atoms with van der Waals surface area (Å²) in [5, 5.41) is 10.3. The molecule has 5 nitrogen and oxygen atoms in total. The van der Waals surface area contributed by atoms with Crippen molar-refractivity contribution in [2.24, 2.45) is 0 Å². The van der Waals surface area contributed by atoms with E-state index in [-0.39, 0.29) is 4.83 Å². The van der Waals surface area contributed by atoms with Crippen LogP contribution in [0.3, 0.4) is 0 Å². The van der Waals surface area contributed by atoms with E-state index in [4.69, 9.17) is 4.42 Å². The molecule has 3 aromatic rings. The summed E-state index contributed by atoms with van der Waals surface area (Å²) in [7, 11) is 0. The minimum Gasteiger partial charge on any atom is -0.440 e. The molecular formula is C14H15BrN4OS. The molecule has 0 amide bonds. The highest BCUT2D eigenvalue weighted by Gasteiger charge is 2.14. The number of oxazole rings is 1. The quantitative estimate of drug-likeness (QED) is 0.635. The Hall–Kier alpha value is -1.47. The molecule has 7 heteroatoms. The lowest BCUT2D eigenvalue weighted by Crippen LogP contribution is -2.02. The summed E-state index contributed by atoms with van der Waals surface area (Å²) in [6.07, 6.45) is 2.92. The van der Waals surface area contributed by atoms with Crippen LogP contribution in [-0.4, -0.2) is 20.0 Å². The first-order chi connectivity index (χ1) is 10.2. The smallest absolute Gasteiger partial charge is 0.236 e. The highest BCUT2D eigenvalue weighted by atomic mass is 79.9. The van der Waals surface area contributed by atoms with E-state index in [9.17, 15) is 0 Å². The minimum atomic E-state index is 0.242. The summed E-state index contributed by atoms with van der Waals surface area (Å²) in [5.74, 6) is 1.49. The van der Waals surface area contributed by atoms with Crippen LogP contribution in [0.4, 0.5) is 0 Å². The molecule has 0 N–H and O–H groups in total. The van der Waals surface area contributed by atoms with Crippen LogP contribution in [0.1, 0.15) is 35.3 Å². The van der Waals surface area contributed by atoms with Crippen LogP contribution in [0.2, 0.25) is 0 Å². The van der Waals surface area contributed by atoms with Crippen LogP contribution in [0.15, 0.2) is 28.1 Å². The topological polar surface area (TPSA) is 56.7 Å². The zero-order chi connectivity index (χ0) is 14.8. The van der Waals surface area contributed by atoms with E-state index in [2.05, 4.69) is 38.1 Å². The van der Waals surface area contributed by atoms with Crippen molar-refractivity contribution in [3.8, 4) is 10.8 Å². The summed E-state index contributed by atoms with van der Waals surface area (Å²) < 4.78 is 7.53. The Morgan fingerprint density at radius 2 is 2.33 bits per heavy atom. The monoisotopic (exact) mass is 366 g/mol. The van der Waals surface area contributed by atoms with E-state index in [1.165, 1.54) is 0 Å². The lowest BCUT2D eigenvalue weighted by Gasteiger charge is -1.99. The summed E-state index contributed by atoms with van der Waals surface area (Å²) in [6.45, 7) is 4.60. The number of hydrogen-bond acceptors (Lipinski definition) is 5. The van der Waals surface area contributed by atoms with E-state index in [1.807, 2.05) is 30.6 Å². The molecular weight excluding hydrogens is 352 g/mol. The number of halogens is 1. The Balaban J connectivity index is 1.80. The molecule has 0 aliphatic heterocycles. The summed E-state index contributed by atoms with van der Waals surface area (Å²) in [4.78, 5) is 5.84. The number of rotatable bonds is 5. The molecule has 0 fully saturated rings. The zero-order valence-corrected chi connectivity index (χ0v) is 14.2. The molecule has 0 saturated heterocycles. The highest BCUT2D eigenvalue weighted by molar-refractivity contribution is 9.09. The molecule has 0 radical (unpaired) electrons. The average molecular weight is 367 g/mol. The van der Waals surface area contributed by atoms with Crippen molar-refractivity contribution in [1.29, 1.82) is 0 Å². The number of hydrogen-bond donors (Lipinski definition) is 0. The van der Waals surface area contributed by atoms with Crippen LogP contribution >= 0.6 is 27.3 Å². The van der Waals surface area contributed by atoms with Gasteiger partial charge in [0.1, 0.15) is 11.5 Å². The van der Waals surface area contributed by atoms with Crippen LogP contribution in [0.5, 0.6) is 0 Å². The number of nitrogens with zero attached hydrogens (tertiary/aromatic N) is 4. The lowest BCUT2D eigenvalue weighted by molar-refractivity contribution is 0.536. The Kier molecular flexibility index (Phi) is 4.21. The van der Waals surface area contributed by atoms with E-state index in [0.717, 1.165) is 28.4 Å². The molecule has 0 bridgehead atoms. The van der Waals surface area contributed by atoms with Gasteiger partial charge in [-0.2, -0.15) is 0 Å². The summed E-state index contributed by atoms with van der Waals surface area (Å²) in [5.41, 5.74) is 1.83. The second-order valence-corrected chi connectivity index (χ2v) is 6.77. The van der Waals surface area contributed by atoms with Gasteiger partial charge in [-0.15, -0.1) is 16.4 Å². The third-order valence-electron chi connectivity index (χ3n) is 3.17. The van der Waals surface area contributed by atoms with Crippen LogP contribution in [-0.2, 0) is 6.54 Å². The van der Waals surface area contributed by atoms with Gasteiger partial charge in [0.2, 0.25) is 5.89 Å². The van der Waals surface area contributed by atoms with Crippen LogP contribution in [0.25, 0.3) is 10.8 Å². The average Bonchev–Trinajstić information content (AvgIpc) is 3.20. The molecule has 3 aromatic heterocycles. The highest BCUT2D eigenvalue weighted by Crippen LogP contribution is 2.27. The van der Waals surface area contributed by atoms with Gasteiger partial charge in [0, 0.05) is 0 Å². The first-order valence-electron chi connectivity index (χ1n) is 6.71. The Labute approximate surface area is 135 Å². The fraction of sp³-hybridized carbons (Fsp3) is 0.357. The predicted molar refractivity (Wildman–Crippen MR) is 85.6 cm³/mol. The predicted octanol–water partition coefficient (Wildman–Crippen LogP) is 4.20. The summed E-state index contributed by atoms with van der Waals surface area (Å²) in [6, 6.07) is 3.99. The maximum atomic E-state index is 5.74. The minimum absolute atomic E-state index is 0.242. The number of aromatic nitrogens is 4. The number of thiophene rings is 1. The second-order valence-electron chi connectivity index (χ2n) is 4.72. The summed E-state index contributed by atoms with van der Waals surface area (Å²) >= 11 is 5.20.